The highest BCUT2D eigenvalue weighted by Crippen LogP contribution is 2.60. The Hall–Kier alpha value is -6.45. The number of thiophene rings is 2. The van der Waals surface area contributed by atoms with E-state index in [-0.39, 0.29) is 16.9 Å². The van der Waals surface area contributed by atoms with Gasteiger partial charge in [-0.05, 0) is 61.9 Å². The van der Waals surface area contributed by atoms with E-state index in [0.717, 1.165) is 42.1 Å². The van der Waals surface area contributed by atoms with Gasteiger partial charge < -0.3 is 28.6 Å². The molecule has 260 valence electrons. The molecule has 53 heavy (non-hydrogen) atoms. The third-order valence-electron chi connectivity index (χ3n) is 8.91. The van der Waals surface area contributed by atoms with Crippen molar-refractivity contribution in [2.24, 2.45) is 0 Å². The van der Waals surface area contributed by atoms with Crippen molar-refractivity contribution >= 4 is 45.8 Å². The predicted molar refractivity (Wildman–Crippen MR) is 205 cm³/mol. The van der Waals surface area contributed by atoms with Crippen LogP contribution >= 0.6 is 22.7 Å². The number of rotatable bonds is 7. The lowest BCUT2D eigenvalue weighted by molar-refractivity contribution is 0.0954. The van der Waals surface area contributed by atoms with Gasteiger partial charge in [-0.15, -0.1) is 22.7 Å². The summed E-state index contributed by atoms with van der Waals surface area (Å²) in [7, 11) is 0. The maximum atomic E-state index is 10.0. The Morgan fingerprint density at radius 2 is 1.15 bits per heavy atom. The van der Waals surface area contributed by atoms with Gasteiger partial charge in [0, 0.05) is 22.6 Å². The maximum absolute atomic E-state index is 10.0. The summed E-state index contributed by atoms with van der Waals surface area (Å²) in [5.74, 6) is 2.57. The smallest absolute Gasteiger partial charge is 0.181 e. The first-order valence-electron chi connectivity index (χ1n) is 16.8. The molecule has 0 saturated carbocycles. The number of para-hydroxylation sites is 2. The molecule has 0 bridgehead atoms. The molecule has 8 rings (SSSR count). The quantitative estimate of drug-likeness (QED) is 0.150. The van der Waals surface area contributed by atoms with Gasteiger partial charge in [-0.3, -0.25) is 0 Å². The summed E-state index contributed by atoms with van der Waals surface area (Å²) >= 11 is 3.07. The number of hydrogen-bond donors (Lipinski definition) is 0. The Kier molecular flexibility index (Phi) is 8.85. The number of nitriles is 3. The minimum Gasteiger partial charge on any atom is -0.485 e. The van der Waals surface area contributed by atoms with E-state index in [1.807, 2.05) is 54.6 Å². The third-order valence-corrected chi connectivity index (χ3v) is 11.4. The van der Waals surface area contributed by atoms with Crippen LogP contribution in [0.5, 0.6) is 23.0 Å². The number of benzene rings is 3. The van der Waals surface area contributed by atoms with E-state index in [2.05, 4.69) is 59.5 Å². The summed E-state index contributed by atoms with van der Waals surface area (Å²) in [6, 6.07) is 34.8. The molecule has 3 aliphatic heterocycles. The number of anilines is 3. The molecule has 0 aliphatic carbocycles. The molecule has 11 heteroatoms. The van der Waals surface area contributed by atoms with E-state index < -0.39 is 5.60 Å². The molecular weight excluding hydrogens is 705 g/mol. The van der Waals surface area contributed by atoms with Crippen molar-refractivity contribution in [1.29, 1.82) is 15.8 Å². The molecular formula is C42H30N4O5S2. The van der Waals surface area contributed by atoms with Gasteiger partial charge in [0.2, 0.25) is 0 Å². The van der Waals surface area contributed by atoms with E-state index >= 15 is 0 Å². The summed E-state index contributed by atoms with van der Waals surface area (Å²) in [6.45, 7) is 5.21. The average molecular weight is 735 g/mol. The molecule has 0 radical (unpaired) electrons. The summed E-state index contributed by atoms with van der Waals surface area (Å²) in [4.78, 5) is 5.67. The van der Waals surface area contributed by atoms with Gasteiger partial charge in [-0.25, -0.2) is 0 Å². The van der Waals surface area contributed by atoms with E-state index in [1.165, 1.54) is 11.3 Å². The molecule has 0 spiro atoms. The molecule has 3 aliphatic rings. The minimum absolute atomic E-state index is 0.00797. The van der Waals surface area contributed by atoms with Crippen LogP contribution in [0.3, 0.4) is 0 Å². The van der Waals surface area contributed by atoms with E-state index in [0.29, 0.717) is 55.0 Å². The second-order valence-corrected chi connectivity index (χ2v) is 14.7. The molecule has 5 aromatic rings. The lowest BCUT2D eigenvalue weighted by Gasteiger charge is -2.25. The number of ether oxygens (including phenoxy) is 5. The van der Waals surface area contributed by atoms with Crippen LogP contribution in [0.15, 0.2) is 113 Å². The zero-order valence-corrected chi connectivity index (χ0v) is 30.3. The standard InChI is InChI=1S/C42H30N4O5S2/c1-42(2)32(31(25-45)34(51-42)27(23-43)24-44)17-18-33-35-36(48-20-19-47-35)40(52-33)41-38-37(49-21-22-50-38)39(53-41)26-13-15-30(16-14-26)46(28-9-5-3-6-10-28)29-11-7-4-8-12-29/h3-18H,19-22H2,1-2H3. The largest absolute Gasteiger partial charge is 0.485 e. The molecule has 0 N–H and O–H groups in total. The lowest BCUT2D eigenvalue weighted by atomic mass is 9.94. The Bertz CT molecular complexity index is 2390. The lowest BCUT2D eigenvalue weighted by Crippen LogP contribution is -2.20. The maximum Gasteiger partial charge on any atom is 0.181 e. The van der Waals surface area contributed by atoms with Gasteiger partial charge in [-0.1, -0.05) is 54.6 Å². The first-order valence-corrected chi connectivity index (χ1v) is 18.5. The summed E-state index contributed by atoms with van der Waals surface area (Å²) in [5, 5.41) is 29.0. The van der Waals surface area contributed by atoms with Crippen molar-refractivity contribution in [3.8, 4) is 61.4 Å². The van der Waals surface area contributed by atoms with Gasteiger partial charge in [0.25, 0.3) is 0 Å². The van der Waals surface area contributed by atoms with Crippen LogP contribution < -0.4 is 23.8 Å². The molecule has 3 aromatic carbocycles. The Morgan fingerprint density at radius 3 is 1.72 bits per heavy atom. The predicted octanol–water partition coefficient (Wildman–Crippen LogP) is 10.1. The van der Waals surface area contributed by atoms with Gasteiger partial charge in [0.05, 0.1) is 19.5 Å². The second kappa shape index (κ2) is 13.9. The first kappa shape index (κ1) is 33.7. The fraction of sp³-hybridized carbons (Fsp3) is 0.167. The highest BCUT2D eigenvalue weighted by atomic mass is 32.1. The van der Waals surface area contributed by atoms with Crippen LogP contribution in [-0.4, -0.2) is 32.0 Å². The molecule has 5 heterocycles. The molecule has 0 atom stereocenters. The normalized spacial score (nSPS) is 15.3. The highest BCUT2D eigenvalue weighted by molar-refractivity contribution is 7.25. The first-order chi connectivity index (χ1) is 25.9. The SMILES string of the molecule is CC1(C)OC(=C(C#N)C#N)C(C#N)=C1C=Cc1sc(-c2sc(-c3ccc(N(c4ccccc4)c4ccccc4)cc3)c3c2OCCO3)c2c1OCCO2. The minimum atomic E-state index is -0.949. The van der Waals surface area contributed by atoms with Gasteiger partial charge >= 0.3 is 0 Å². The van der Waals surface area contributed by atoms with Crippen molar-refractivity contribution in [3.63, 3.8) is 0 Å². The summed E-state index contributed by atoms with van der Waals surface area (Å²) in [6.07, 6.45) is 3.65. The average Bonchev–Trinajstić information content (AvgIpc) is 3.84. The van der Waals surface area contributed by atoms with Crippen LogP contribution in [0, 0.1) is 34.0 Å². The van der Waals surface area contributed by atoms with Gasteiger partial charge in [0.15, 0.2) is 34.3 Å². The summed E-state index contributed by atoms with van der Waals surface area (Å²) < 4.78 is 30.9. The summed E-state index contributed by atoms with van der Waals surface area (Å²) in [5.41, 5.74) is 3.64. The topological polar surface area (TPSA) is 121 Å². The van der Waals surface area contributed by atoms with Gasteiger partial charge in [0.1, 0.15) is 55.8 Å². The van der Waals surface area contributed by atoms with Crippen molar-refractivity contribution < 1.29 is 23.7 Å². The van der Waals surface area contributed by atoms with Crippen molar-refractivity contribution in [2.45, 2.75) is 19.4 Å². The third kappa shape index (κ3) is 6.04. The van der Waals surface area contributed by atoms with E-state index in [9.17, 15) is 15.8 Å². The molecule has 9 nitrogen and oxygen atoms in total. The molecule has 0 saturated heterocycles. The molecule has 0 fully saturated rings. The van der Waals surface area contributed by atoms with Gasteiger partial charge in [-0.2, -0.15) is 15.8 Å². The van der Waals surface area contributed by atoms with Crippen molar-refractivity contribution in [1.82, 2.24) is 0 Å². The fourth-order valence-corrected chi connectivity index (χ4v) is 8.94. The Labute approximate surface area is 314 Å². The number of nitrogens with zero attached hydrogens (tertiary/aromatic N) is 4. The van der Waals surface area contributed by atoms with Crippen LogP contribution in [-0.2, 0) is 4.74 Å². The zero-order valence-electron chi connectivity index (χ0n) is 28.7. The van der Waals surface area contributed by atoms with E-state index in [1.54, 1.807) is 31.3 Å². The number of hydrogen-bond acceptors (Lipinski definition) is 11. The highest BCUT2D eigenvalue weighted by Gasteiger charge is 2.39. The van der Waals surface area contributed by atoms with Crippen LogP contribution in [0.1, 0.15) is 18.7 Å². The Morgan fingerprint density at radius 1 is 0.642 bits per heavy atom. The van der Waals surface area contributed by atoms with Crippen LogP contribution in [0.25, 0.3) is 26.3 Å². The second-order valence-electron chi connectivity index (χ2n) is 12.6. The molecule has 0 unspecified atom stereocenters. The molecule has 2 aromatic heterocycles. The monoisotopic (exact) mass is 734 g/mol. The zero-order chi connectivity index (χ0) is 36.5. The number of allylic oxidation sites excluding steroid dienone is 2. The number of fused-ring (bicyclic) bond motifs is 2. The van der Waals surface area contributed by atoms with E-state index in [4.69, 9.17) is 23.7 Å². The van der Waals surface area contributed by atoms with Crippen molar-refractivity contribution in [3.05, 3.63) is 118 Å². The fourth-order valence-electron chi connectivity index (χ4n) is 6.53. The molecule has 0 amide bonds. The van der Waals surface area contributed by atoms with Crippen LogP contribution in [0.4, 0.5) is 17.1 Å². The van der Waals surface area contributed by atoms with Crippen molar-refractivity contribution in [2.75, 3.05) is 31.3 Å². The van der Waals surface area contributed by atoms with Crippen LogP contribution in [0.2, 0.25) is 0 Å². The Balaban J connectivity index is 1.19.